The Hall–Kier alpha value is -1.04. The van der Waals surface area contributed by atoms with Crippen LogP contribution in [-0.2, 0) is 6.54 Å². The van der Waals surface area contributed by atoms with Gasteiger partial charge in [0.15, 0.2) is 0 Å². The van der Waals surface area contributed by atoms with Crippen LogP contribution in [0.1, 0.15) is 37.8 Å². The molecular weight excluding hydrogens is 219 g/mol. The number of rotatable bonds is 5. The summed E-state index contributed by atoms with van der Waals surface area (Å²) in [7, 11) is 0. The predicted molar refractivity (Wildman–Crippen MR) is 54.7 cm³/mol. The normalized spacial score (nSPS) is 14.1. The van der Waals surface area contributed by atoms with Gasteiger partial charge in [0, 0.05) is 30.8 Å². The van der Waals surface area contributed by atoms with Gasteiger partial charge in [0.2, 0.25) is 0 Å². The Balaban J connectivity index is 2.49. The van der Waals surface area contributed by atoms with Crippen molar-refractivity contribution >= 4 is 0 Å². The van der Waals surface area contributed by atoms with Crippen LogP contribution in [0, 0.1) is 0 Å². The Morgan fingerprint density at radius 2 is 2.19 bits per heavy atom. The van der Waals surface area contributed by atoms with Gasteiger partial charge in [0.1, 0.15) is 0 Å². The second-order valence-electron chi connectivity index (χ2n) is 3.80. The van der Waals surface area contributed by atoms with Crippen molar-refractivity contribution in [2.75, 3.05) is 0 Å². The molecule has 0 aliphatic rings. The van der Waals surface area contributed by atoms with Crippen LogP contribution in [-0.4, -0.2) is 16.0 Å². The topological polar surface area (TPSA) is 43.8 Å². The largest absolute Gasteiger partial charge is 0.389 e. The smallest absolute Gasteiger partial charge is 0.324 e. The molecule has 0 bridgehead atoms. The molecule has 0 fully saturated rings. The first kappa shape index (κ1) is 13.0. The van der Waals surface area contributed by atoms with Gasteiger partial charge in [-0.2, -0.15) is 18.3 Å². The molecule has 0 radical (unpaired) electrons. The summed E-state index contributed by atoms with van der Waals surface area (Å²) >= 11 is 0. The number of hydrogen-bond acceptors (Lipinski definition) is 2. The molecule has 1 aromatic heterocycles. The lowest BCUT2D eigenvalue weighted by molar-refractivity contribution is -0.136. The molecular formula is C10H16F3N3. The maximum Gasteiger partial charge on any atom is 0.389 e. The zero-order valence-corrected chi connectivity index (χ0v) is 9.17. The van der Waals surface area contributed by atoms with Gasteiger partial charge in [-0.25, -0.2) is 0 Å². The molecule has 0 saturated carbocycles. The molecule has 1 aromatic rings. The minimum Gasteiger partial charge on any atom is -0.324 e. The van der Waals surface area contributed by atoms with E-state index in [9.17, 15) is 13.2 Å². The van der Waals surface area contributed by atoms with Crippen molar-refractivity contribution in [3.8, 4) is 0 Å². The predicted octanol–water partition coefficient (Wildman–Crippen LogP) is 2.64. The van der Waals surface area contributed by atoms with Crippen LogP contribution < -0.4 is 5.73 Å². The van der Waals surface area contributed by atoms with Crippen LogP contribution in [0.2, 0.25) is 0 Å². The van der Waals surface area contributed by atoms with Gasteiger partial charge in [-0.15, -0.1) is 0 Å². The Kier molecular flexibility index (Phi) is 4.35. The first-order valence-electron chi connectivity index (χ1n) is 5.27. The Morgan fingerprint density at radius 1 is 1.50 bits per heavy atom. The molecule has 0 aliphatic heterocycles. The van der Waals surface area contributed by atoms with Crippen molar-refractivity contribution in [2.24, 2.45) is 5.73 Å². The molecule has 0 spiro atoms. The number of aromatic nitrogens is 2. The van der Waals surface area contributed by atoms with Gasteiger partial charge in [0.25, 0.3) is 0 Å². The van der Waals surface area contributed by atoms with Crippen molar-refractivity contribution in [1.82, 2.24) is 9.78 Å². The molecule has 92 valence electrons. The van der Waals surface area contributed by atoms with Gasteiger partial charge in [0.05, 0.1) is 6.20 Å². The van der Waals surface area contributed by atoms with Crippen molar-refractivity contribution in [1.29, 1.82) is 0 Å². The first-order chi connectivity index (χ1) is 7.42. The number of halogens is 3. The summed E-state index contributed by atoms with van der Waals surface area (Å²) in [4.78, 5) is 0. The quantitative estimate of drug-likeness (QED) is 0.852. The highest BCUT2D eigenvalue weighted by atomic mass is 19.4. The molecule has 3 nitrogen and oxygen atoms in total. The van der Waals surface area contributed by atoms with Crippen molar-refractivity contribution in [3.63, 3.8) is 0 Å². The molecule has 1 unspecified atom stereocenters. The molecule has 0 amide bonds. The first-order valence-corrected chi connectivity index (χ1v) is 5.27. The second kappa shape index (κ2) is 5.34. The summed E-state index contributed by atoms with van der Waals surface area (Å²) in [5, 5.41) is 4.03. The minimum atomic E-state index is -4.14. The van der Waals surface area contributed by atoms with Crippen LogP contribution in [0.4, 0.5) is 13.2 Å². The third-order valence-corrected chi connectivity index (χ3v) is 2.27. The highest BCUT2D eigenvalue weighted by Crippen LogP contribution is 2.26. The van der Waals surface area contributed by atoms with Crippen molar-refractivity contribution in [2.45, 2.75) is 44.9 Å². The van der Waals surface area contributed by atoms with E-state index < -0.39 is 18.6 Å². The van der Waals surface area contributed by atoms with Crippen LogP contribution >= 0.6 is 0 Å². The molecule has 1 heterocycles. The molecule has 6 heteroatoms. The fourth-order valence-electron chi connectivity index (χ4n) is 1.41. The third-order valence-electron chi connectivity index (χ3n) is 2.27. The lowest BCUT2D eigenvalue weighted by Gasteiger charge is -2.11. The summed E-state index contributed by atoms with van der Waals surface area (Å²) in [6.45, 7) is 2.76. The van der Waals surface area contributed by atoms with E-state index in [0.29, 0.717) is 5.56 Å². The standard InChI is InChI=1S/C10H16F3N3/c1-2-5-16-7-8(6-15-16)9(14)3-4-10(11,12)13/h6-7,9H,2-5,14H2,1H3. The van der Waals surface area contributed by atoms with Crippen molar-refractivity contribution in [3.05, 3.63) is 18.0 Å². The molecule has 0 aromatic carbocycles. The molecule has 2 N–H and O–H groups in total. The molecule has 0 aliphatic carbocycles. The lowest BCUT2D eigenvalue weighted by Crippen LogP contribution is -2.15. The maximum atomic E-state index is 12.0. The van der Waals surface area contributed by atoms with E-state index in [2.05, 4.69) is 5.10 Å². The summed E-state index contributed by atoms with van der Waals surface area (Å²) in [6.07, 6.45) is -0.911. The van der Waals surface area contributed by atoms with Crippen LogP contribution in [0.15, 0.2) is 12.4 Å². The second-order valence-corrected chi connectivity index (χ2v) is 3.80. The van der Waals surface area contributed by atoms with Crippen LogP contribution in [0.25, 0.3) is 0 Å². The lowest BCUT2D eigenvalue weighted by atomic mass is 10.1. The van der Waals surface area contributed by atoms with E-state index in [4.69, 9.17) is 5.73 Å². The zero-order valence-electron chi connectivity index (χ0n) is 9.17. The van der Waals surface area contributed by atoms with Gasteiger partial charge in [-0.05, 0) is 12.8 Å². The maximum absolute atomic E-state index is 12.0. The van der Waals surface area contributed by atoms with Gasteiger partial charge < -0.3 is 5.73 Å². The van der Waals surface area contributed by atoms with Gasteiger partial charge in [-0.3, -0.25) is 4.68 Å². The number of nitrogens with zero attached hydrogens (tertiary/aromatic N) is 2. The average molecular weight is 235 g/mol. The number of hydrogen-bond donors (Lipinski definition) is 1. The van der Waals surface area contributed by atoms with Crippen LogP contribution in [0.3, 0.4) is 0 Å². The number of nitrogens with two attached hydrogens (primary N) is 1. The molecule has 1 rings (SSSR count). The summed E-state index contributed by atoms with van der Waals surface area (Å²) in [6, 6.07) is -0.591. The van der Waals surface area contributed by atoms with E-state index >= 15 is 0 Å². The highest BCUT2D eigenvalue weighted by Gasteiger charge is 2.28. The average Bonchev–Trinajstić information content (AvgIpc) is 2.62. The zero-order chi connectivity index (χ0) is 12.2. The Morgan fingerprint density at radius 3 is 2.75 bits per heavy atom. The van der Waals surface area contributed by atoms with Crippen LogP contribution in [0.5, 0.6) is 0 Å². The fraction of sp³-hybridized carbons (Fsp3) is 0.700. The number of alkyl halides is 3. The van der Waals surface area contributed by atoms with E-state index in [0.717, 1.165) is 13.0 Å². The number of aryl methyl sites for hydroxylation is 1. The SMILES string of the molecule is CCCn1cc(C(N)CCC(F)(F)F)cn1. The monoisotopic (exact) mass is 235 g/mol. The minimum absolute atomic E-state index is 0.0959. The van der Waals surface area contributed by atoms with E-state index in [-0.39, 0.29) is 6.42 Å². The Bertz CT molecular complexity index is 319. The van der Waals surface area contributed by atoms with Gasteiger partial charge >= 0.3 is 6.18 Å². The van der Waals surface area contributed by atoms with Crippen molar-refractivity contribution < 1.29 is 13.2 Å². The molecule has 0 saturated heterocycles. The van der Waals surface area contributed by atoms with E-state index in [1.807, 2.05) is 6.92 Å². The van der Waals surface area contributed by atoms with E-state index in [1.165, 1.54) is 6.20 Å². The summed E-state index contributed by atoms with van der Waals surface area (Å²) in [5.74, 6) is 0. The van der Waals surface area contributed by atoms with E-state index in [1.54, 1.807) is 10.9 Å². The fourth-order valence-corrected chi connectivity index (χ4v) is 1.41. The summed E-state index contributed by atoms with van der Waals surface area (Å²) < 4.78 is 37.6. The molecule has 16 heavy (non-hydrogen) atoms. The highest BCUT2D eigenvalue weighted by molar-refractivity contribution is 5.09. The van der Waals surface area contributed by atoms with Gasteiger partial charge in [-0.1, -0.05) is 6.92 Å². The molecule has 1 atom stereocenters. The summed E-state index contributed by atoms with van der Waals surface area (Å²) in [5.41, 5.74) is 6.32. The third kappa shape index (κ3) is 4.22. The Labute approximate surface area is 92.4 Å².